The van der Waals surface area contributed by atoms with Gasteiger partial charge in [-0.3, -0.25) is 14.1 Å². The van der Waals surface area contributed by atoms with E-state index in [0.29, 0.717) is 37.7 Å². The fourth-order valence-electron chi connectivity index (χ4n) is 3.33. The van der Waals surface area contributed by atoms with Crippen LogP contribution in [0, 0.1) is 0 Å². The van der Waals surface area contributed by atoms with E-state index in [1.807, 2.05) is 6.92 Å². The van der Waals surface area contributed by atoms with Crippen LogP contribution in [0.25, 0.3) is 5.78 Å². The van der Waals surface area contributed by atoms with E-state index in [1.54, 1.807) is 38.9 Å². The minimum atomic E-state index is -0.414. The fourth-order valence-corrected chi connectivity index (χ4v) is 3.33. The summed E-state index contributed by atoms with van der Waals surface area (Å²) in [6.07, 6.45) is 5.60. The fraction of sp³-hybridized carbons (Fsp3) is 0.467. The Morgan fingerprint density at radius 1 is 1.43 bits per heavy atom. The van der Waals surface area contributed by atoms with E-state index in [-0.39, 0.29) is 12.0 Å². The van der Waals surface area contributed by atoms with Crippen LogP contribution >= 0.6 is 0 Å². The van der Waals surface area contributed by atoms with Crippen LogP contribution in [0.5, 0.6) is 0 Å². The molecule has 0 spiro atoms. The average Bonchev–Trinajstić information content (AvgIpc) is 3.16. The number of nitrogens with zero attached hydrogens (tertiary/aromatic N) is 5. The van der Waals surface area contributed by atoms with Crippen LogP contribution in [0.1, 0.15) is 23.8 Å². The summed E-state index contributed by atoms with van der Waals surface area (Å²) in [5, 5.41) is 0. The predicted molar refractivity (Wildman–Crippen MR) is 80.0 cm³/mol. The Labute approximate surface area is 132 Å². The van der Waals surface area contributed by atoms with Gasteiger partial charge in [0.25, 0.3) is 5.91 Å². The third-order valence-corrected chi connectivity index (χ3v) is 4.74. The van der Waals surface area contributed by atoms with E-state index in [2.05, 4.69) is 9.97 Å². The van der Waals surface area contributed by atoms with Gasteiger partial charge in [0.15, 0.2) is 0 Å². The molecule has 0 aromatic carbocycles. The molecule has 4 rings (SSSR count). The van der Waals surface area contributed by atoms with Gasteiger partial charge in [0.05, 0.1) is 5.54 Å². The first-order valence-electron chi connectivity index (χ1n) is 7.66. The summed E-state index contributed by atoms with van der Waals surface area (Å²) in [5.41, 5.74) is -0.0452. The maximum absolute atomic E-state index is 12.8. The summed E-state index contributed by atoms with van der Waals surface area (Å²) in [6.45, 7) is 3.78. The van der Waals surface area contributed by atoms with Crippen molar-refractivity contribution in [1.82, 2.24) is 24.2 Å². The summed E-state index contributed by atoms with van der Waals surface area (Å²) >= 11 is 0. The Hall–Kier alpha value is -2.64. The van der Waals surface area contributed by atoms with Gasteiger partial charge in [0.1, 0.15) is 12.3 Å². The zero-order chi connectivity index (χ0) is 16.0. The van der Waals surface area contributed by atoms with Crippen molar-refractivity contribution in [2.24, 2.45) is 0 Å². The molecule has 23 heavy (non-hydrogen) atoms. The highest BCUT2D eigenvalue weighted by Crippen LogP contribution is 2.32. The molecule has 2 amide bonds. The van der Waals surface area contributed by atoms with E-state index in [1.165, 1.54) is 0 Å². The second-order valence-electron chi connectivity index (χ2n) is 5.96. The molecule has 2 aromatic rings. The molecular formula is C15H17N5O3. The maximum atomic E-state index is 12.8. The van der Waals surface area contributed by atoms with E-state index >= 15 is 0 Å². The zero-order valence-electron chi connectivity index (χ0n) is 12.8. The van der Waals surface area contributed by atoms with E-state index < -0.39 is 5.54 Å². The van der Waals surface area contributed by atoms with Crippen molar-refractivity contribution in [1.29, 1.82) is 0 Å². The van der Waals surface area contributed by atoms with Gasteiger partial charge in [-0.2, -0.15) is 0 Å². The molecule has 0 N–H and O–H groups in total. The Bertz CT molecular complexity index is 755. The Morgan fingerprint density at radius 3 is 3.09 bits per heavy atom. The number of carbonyl (C=O) groups is 2. The van der Waals surface area contributed by atoms with E-state index in [4.69, 9.17) is 4.74 Å². The van der Waals surface area contributed by atoms with Gasteiger partial charge in [-0.1, -0.05) is 6.92 Å². The largest absolute Gasteiger partial charge is 0.447 e. The smallest absolute Gasteiger partial charge is 0.410 e. The van der Waals surface area contributed by atoms with Crippen LogP contribution in [-0.4, -0.2) is 67.9 Å². The number of hydrogen-bond acceptors (Lipinski definition) is 5. The highest BCUT2D eigenvalue weighted by Gasteiger charge is 2.50. The normalized spacial score (nSPS) is 24.0. The first kappa shape index (κ1) is 14.0. The first-order valence-corrected chi connectivity index (χ1v) is 7.66. The highest BCUT2D eigenvalue weighted by atomic mass is 16.6. The molecule has 8 heteroatoms. The molecule has 4 heterocycles. The number of hydrogen-bond donors (Lipinski definition) is 0. The number of fused-ring (bicyclic) bond motifs is 2. The summed E-state index contributed by atoms with van der Waals surface area (Å²) in [5.74, 6) is 0.362. The lowest BCUT2D eigenvalue weighted by Crippen LogP contribution is -2.62. The molecule has 0 radical (unpaired) electrons. The number of cyclic esters (lactones) is 1. The van der Waals surface area contributed by atoms with Crippen molar-refractivity contribution in [2.75, 3.05) is 26.2 Å². The van der Waals surface area contributed by atoms with Gasteiger partial charge >= 0.3 is 6.09 Å². The minimum absolute atomic E-state index is 0.137. The molecule has 2 aliphatic heterocycles. The second kappa shape index (κ2) is 4.94. The number of carbonyl (C=O) groups excluding carboxylic acids is 2. The molecule has 2 aliphatic rings. The van der Waals surface area contributed by atoms with Crippen LogP contribution in [0.4, 0.5) is 4.79 Å². The van der Waals surface area contributed by atoms with Crippen LogP contribution in [0.15, 0.2) is 24.7 Å². The molecule has 8 nitrogen and oxygen atoms in total. The third-order valence-electron chi connectivity index (χ3n) is 4.74. The number of imidazole rings is 1. The van der Waals surface area contributed by atoms with Gasteiger partial charge < -0.3 is 9.64 Å². The second-order valence-corrected chi connectivity index (χ2v) is 5.96. The van der Waals surface area contributed by atoms with Gasteiger partial charge in [0.2, 0.25) is 5.78 Å². The quantitative estimate of drug-likeness (QED) is 0.818. The van der Waals surface area contributed by atoms with Crippen molar-refractivity contribution in [3.63, 3.8) is 0 Å². The molecule has 120 valence electrons. The van der Waals surface area contributed by atoms with E-state index in [9.17, 15) is 9.59 Å². The van der Waals surface area contributed by atoms with Gasteiger partial charge in [0, 0.05) is 38.2 Å². The number of aromatic nitrogens is 3. The molecule has 1 atom stereocenters. The lowest BCUT2D eigenvalue weighted by Gasteiger charge is -2.44. The number of ether oxygens (including phenoxy) is 1. The van der Waals surface area contributed by atoms with Crippen LogP contribution in [-0.2, 0) is 4.74 Å². The predicted octanol–water partition coefficient (Wildman–Crippen LogP) is 0.786. The number of rotatable bonds is 2. The Balaban J connectivity index is 1.61. The van der Waals surface area contributed by atoms with Crippen LogP contribution in [0.2, 0.25) is 0 Å². The zero-order valence-corrected chi connectivity index (χ0v) is 12.8. The summed E-state index contributed by atoms with van der Waals surface area (Å²) in [6, 6.07) is 1.79. The number of piperazine rings is 1. The molecule has 2 fully saturated rings. The molecule has 2 saturated heterocycles. The highest BCUT2D eigenvalue weighted by molar-refractivity contribution is 5.93. The standard InChI is InChI=1S/C15H17N5O3/c1-2-15-9-19(6-7-20(15)14(22)23-10-15)12(21)11-8-18-5-3-4-16-13(18)17-11/h3-5,8H,2,6-7,9-10H2,1H3. The van der Waals surface area contributed by atoms with Crippen molar-refractivity contribution in [2.45, 2.75) is 18.9 Å². The molecule has 2 aromatic heterocycles. The maximum Gasteiger partial charge on any atom is 0.410 e. The molecule has 0 saturated carbocycles. The molecule has 1 unspecified atom stereocenters. The van der Waals surface area contributed by atoms with Gasteiger partial charge in [-0.15, -0.1) is 0 Å². The van der Waals surface area contributed by atoms with E-state index in [0.717, 1.165) is 6.42 Å². The SMILES string of the molecule is CCC12COC(=O)N1CCN(C(=O)c1cn3cccnc3n1)C2. The summed E-state index contributed by atoms with van der Waals surface area (Å²) in [7, 11) is 0. The lowest BCUT2D eigenvalue weighted by atomic mass is 9.93. The van der Waals surface area contributed by atoms with Crippen molar-refractivity contribution in [3.05, 3.63) is 30.4 Å². The van der Waals surface area contributed by atoms with Crippen molar-refractivity contribution < 1.29 is 14.3 Å². The average molecular weight is 315 g/mol. The molecule has 0 aliphatic carbocycles. The topological polar surface area (TPSA) is 80.0 Å². The summed E-state index contributed by atoms with van der Waals surface area (Å²) in [4.78, 5) is 36.5. The Morgan fingerprint density at radius 2 is 2.30 bits per heavy atom. The number of amides is 2. The molecule has 0 bridgehead atoms. The third kappa shape index (κ3) is 2.05. The Kier molecular flexibility index (Phi) is 3.00. The van der Waals surface area contributed by atoms with Crippen LogP contribution < -0.4 is 0 Å². The first-order chi connectivity index (χ1) is 11.1. The van der Waals surface area contributed by atoms with Gasteiger partial charge in [-0.05, 0) is 12.5 Å². The van der Waals surface area contributed by atoms with Crippen molar-refractivity contribution in [3.8, 4) is 0 Å². The van der Waals surface area contributed by atoms with Gasteiger partial charge in [-0.25, -0.2) is 14.8 Å². The van der Waals surface area contributed by atoms with Crippen molar-refractivity contribution >= 4 is 17.8 Å². The summed E-state index contributed by atoms with van der Waals surface area (Å²) < 4.78 is 6.92. The van der Waals surface area contributed by atoms with Crippen LogP contribution in [0.3, 0.4) is 0 Å². The lowest BCUT2D eigenvalue weighted by molar-refractivity contribution is 0.0358. The molecular weight excluding hydrogens is 298 g/mol. The monoisotopic (exact) mass is 315 g/mol. The minimum Gasteiger partial charge on any atom is -0.447 e.